The molecule has 0 aromatic carbocycles. The summed E-state index contributed by atoms with van der Waals surface area (Å²) < 4.78 is 17.4. The standard InChI is InChI=1S/C59H102O5/c1-4-7-10-13-16-19-22-25-27-29-31-33-36-39-42-45-48-51-54-62-55-57(64-59(61)53-50-47-44-41-38-34-24-21-18-15-12-9-6-3)56-63-58(60)52-49-46-43-40-37-35-32-30-28-26-23-20-17-14-11-8-5-2/h7,10,12,15-16,19,21,24-25,27,31,33,39,42,57H,4-6,8-9,11,13-14,17-18,20,22-23,26,28-30,32,34-38,40-41,43-56H2,1-3H3/b10-7-,15-12-,19-16-,24-21-,27-25-,33-31-,42-39-. The van der Waals surface area contributed by atoms with E-state index in [4.69, 9.17) is 14.2 Å². The molecule has 5 nitrogen and oxygen atoms in total. The average molecular weight is 891 g/mol. The second-order valence-corrected chi connectivity index (χ2v) is 17.8. The molecule has 1 atom stereocenters. The van der Waals surface area contributed by atoms with E-state index in [1.54, 1.807) is 0 Å². The maximum atomic E-state index is 12.8. The van der Waals surface area contributed by atoms with Crippen molar-refractivity contribution in [2.45, 2.75) is 258 Å². The molecule has 0 N–H and O–H groups in total. The topological polar surface area (TPSA) is 61.8 Å². The number of ether oxygens (including phenoxy) is 3. The lowest BCUT2D eigenvalue weighted by molar-refractivity contribution is -0.163. The quantitative estimate of drug-likeness (QED) is 0.0346. The molecule has 0 aromatic rings. The minimum Gasteiger partial charge on any atom is -0.462 e. The summed E-state index contributed by atoms with van der Waals surface area (Å²) in [6.45, 7) is 7.56. The first kappa shape index (κ1) is 61.1. The molecule has 0 spiro atoms. The summed E-state index contributed by atoms with van der Waals surface area (Å²) in [4.78, 5) is 25.4. The van der Waals surface area contributed by atoms with Crippen molar-refractivity contribution in [3.8, 4) is 0 Å². The van der Waals surface area contributed by atoms with Crippen LogP contribution in [-0.2, 0) is 23.8 Å². The van der Waals surface area contributed by atoms with Crippen molar-refractivity contribution in [2.24, 2.45) is 0 Å². The maximum Gasteiger partial charge on any atom is 0.306 e. The molecule has 1 unspecified atom stereocenters. The number of carbonyl (C=O) groups excluding carboxylic acids is 2. The zero-order valence-corrected chi connectivity index (χ0v) is 42.3. The van der Waals surface area contributed by atoms with Gasteiger partial charge in [-0.05, 0) is 89.9 Å². The first-order chi connectivity index (χ1) is 31.6. The molecule has 0 aliphatic heterocycles. The summed E-state index contributed by atoms with van der Waals surface area (Å²) in [6.07, 6.45) is 71.7. The van der Waals surface area contributed by atoms with Crippen LogP contribution in [0.2, 0.25) is 0 Å². The Hall–Kier alpha value is -2.92. The summed E-state index contributed by atoms with van der Waals surface area (Å²) in [6, 6.07) is 0. The molecule has 0 saturated heterocycles. The minimum absolute atomic E-state index is 0.0610. The Bertz CT molecular complexity index is 1190. The summed E-state index contributed by atoms with van der Waals surface area (Å²) in [7, 11) is 0. The first-order valence-electron chi connectivity index (χ1n) is 27.1. The molecule has 0 fully saturated rings. The fourth-order valence-corrected chi connectivity index (χ4v) is 7.40. The lowest BCUT2D eigenvalue weighted by Crippen LogP contribution is -2.30. The normalized spacial score (nSPS) is 12.9. The van der Waals surface area contributed by atoms with Crippen LogP contribution >= 0.6 is 0 Å². The van der Waals surface area contributed by atoms with E-state index in [-0.39, 0.29) is 25.2 Å². The Balaban J connectivity index is 4.34. The van der Waals surface area contributed by atoms with Crippen LogP contribution in [0.5, 0.6) is 0 Å². The molecule has 0 amide bonds. The molecule has 0 aliphatic carbocycles. The SMILES string of the molecule is CC/C=C\C/C=C\C/C=C\C/C=C\C/C=C\CCCCOCC(COC(=O)CCCCCCCCCCCCCCCCCCC)OC(=O)CCCCCCC/C=C\C/C=C\CCC. The van der Waals surface area contributed by atoms with Gasteiger partial charge in [-0.15, -0.1) is 0 Å². The largest absolute Gasteiger partial charge is 0.462 e. The van der Waals surface area contributed by atoms with E-state index < -0.39 is 6.10 Å². The Morgan fingerprint density at radius 1 is 0.359 bits per heavy atom. The van der Waals surface area contributed by atoms with Crippen molar-refractivity contribution < 1.29 is 23.8 Å². The van der Waals surface area contributed by atoms with Gasteiger partial charge < -0.3 is 14.2 Å². The van der Waals surface area contributed by atoms with Crippen LogP contribution in [0.25, 0.3) is 0 Å². The monoisotopic (exact) mass is 891 g/mol. The van der Waals surface area contributed by atoms with Gasteiger partial charge in [-0.2, -0.15) is 0 Å². The van der Waals surface area contributed by atoms with Crippen LogP contribution in [0.1, 0.15) is 252 Å². The molecule has 368 valence electrons. The van der Waals surface area contributed by atoms with E-state index in [1.165, 1.54) is 116 Å². The highest BCUT2D eigenvalue weighted by Crippen LogP contribution is 2.15. The third-order valence-electron chi connectivity index (χ3n) is 11.4. The molecule has 0 rings (SSSR count). The molecule has 0 heterocycles. The van der Waals surface area contributed by atoms with Crippen LogP contribution in [0.15, 0.2) is 85.1 Å². The number of esters is 2. The van der Waals surface area contributed by atoms with E-state index in [9.17, 15) is 9.59 Å². The summed E-state index contributed by atoms with van der Waals surface area (Å²) in [5, 5.41) is 0. The Morgan fingerprint density at radius 2 is 0.734 bits per heavy atom. The number of unbranched alkanes of at least 4 members (excludes halogenated alkanes) is 24. The average Bonchev–Trinajstić information content (AvgIpc) is 3.30. The Labute approximate surface area is 397 Å². The molecule has 0 saturated carbocycles. The highest BCUT2D eigenvalue weighted by atomic mass is 16.6. The van der Waals surface area contributed by atoms with Crippen molar-refractivity contribution in [1.29, 1.82) is 0 Å². The zero-order valence-electron chi connectivity index (χ0n) is 42.3. The van der Waals surface area contributed by atoms with Crippen molar-refractivity contribution >= 4 is 11.9 Å². The predicted octanol–water partition coefficient (Wildman–Crippen LogP) is 18.5. The van der Waals surface area contributed by atoms with Crippen molar-refractivity contribution in [2.75, 3.05) is 19.8 Å². The smallest absolute Gasteiger partial charge is 0.306 e. The molecular formula is C59H102O5. The molecule has 0 aromatic heterocycles. The van der Waals surface area contributed by atoms with Crippen molar-refractivity contribution in [3.05, 3.63) is 85.1 Å². The van der Waals surface area contributed by atoms with Gasteiger partial charge in [0.2, 0.25) is 0 Å². The maximum absolute atomic E-state index is 12.8. The number of hydrogen-bond acceptors (Lipinski definition) is 5. The number of allylic oxidation sites excluding steroid dienone is 14. The van der Waals surface area contributed by atoms with Crippen molar-refractivity contribution in [1.82, 2.24) is 0 Å². The van der Waals surface area contributed by atoms with E-state index in [1.807, 2.05) is 0 Å². The van der Waals surface area contributed by atoms with Gasteiger partial charge in [0, 0.05) is 19.4 Å². The molecule has 0 bridgehead atoms. The third-order valence-corrected chi connectivity index (χ3v) is 11.4. The van der Waals surface area contributed by atoms with Crippen LogP contribution in [-0.4, -0.2) is 37.9 Å². The van der Waals surface area contributed by atoms with E-state index >= 15 is 0 Å². The minimum atomic E-state index is -0.568. The van der Waals surface area contributed by atoms with Crippen LogP contribution in [0.4, 0.5) is 0 Å². The predicted molar refractivity (Wildman–Crippen MR) is 279 cm³/mol. The Kier molecular flexibility index (Phi) is 51.9. The molecule has 5 heteroatoms. The fourth-order valence-electron chi connectivity index (χ4n) is 7.40. The van der Waals surface area contributed by atoms with Gasteiger partial charge in [0.05, 0.1) is 6.61 Å². The van der Waals surface area contributed by atoms with Gasteiger partial charge in [0.25, 0.3) is 0 Å². The Morgan fingerprint density at radius 3 is 1.19 bits per heavy atom. The first-order valence-corrected chi connectivity index (χ1v) is 27.1. The van der Waals surface area contributed by atoms with E-state index in [2.05, 4.69) is 106 Å². The summed E-state index contributed by atoms with van der Waals surface area (Å²) in [5.41, 5.74) is 0. The highest BCUT2D eigenvalue weighted by molar-refractivity contribution is 5.70. The van der Waals surface area contributed by atoms with Gasteiger partial charge in [-0.1, -0.05) is 234 Å². The molecule has 0 radical (unpaired) electrons. The molecule has 0 aliphatic rings. The lowest BCUT2D eigenvalue weighted by atomic mass is 10.0. The van der Waals surface area contributed by atoms with Gasteiger partial charge >= 0.3 is 11.9 Å². The summed E-state index contributed by atoms with van der Waals surface area (Å²) in [5.74, 6) is -0.433. The number of rotatable bonds is 49. The van der Waals surface area contributed by atoms with Crippen molar-refractivity contribution in [3.63, 3.8) is 0 Å². The van der Waals surface area contributed by atoms with Gasteiger partial charge in [0.15, 0.2) is 6.10 Å². The lowest BCUT2D eigenvalue weighted by Gasteiger charge is -2.18. The highest BCUT2D eigenvalue weighted by Gasteiger charge is 2.17. The van der Waals surface area contributed by atoms with E-state index in [0.717, 1.165) is 103 Å². The van der Waals surface area contributed by atoms with Crippen LogP contribution in [0.3, 0.4) is 0 Å². The van der Waals surface area contributed by atoms with Crippen LogP contribution < -0.4 is 0 Å². The fraction of sp³-hybridized carbons (Fsp3) is 0.729. The van der Waals surface area contributed by atoms with Gasteiger partial charge in [-0.3, -0.25) is 9.59 Å². The third kappa shape index (κ3) is 51.7. The second kappa shape index (κ2) is 54.4. The molecular weight excluding hydrogens is 789 g/mol. The van der Waals surface area contributed by atoms with E-state index in [0.29, 0.717) is 19.4 Å². The summed E-state index contributed by atoms with van der Waals surface area (Å²) >= 11 is 0. The number of hydrogen-bond donors (Lipinski definition) is 0. The second-order valence-electron chi connectivity index (χ2n) is 17.8. The number of carbonyl (C=O) groups is 2. The molecule has 64 heavy (non-hydrogen) atoms. The van der Waals surface area contributed by atoms with Gasteiger partial charge in [-0.25, -0.2) is 0 Å². The van der Waals surface area contributed by atoms with Gasteiger partial charge in [0.1, 0.15) is 6.61 Å². The zero-order chi connectivity index (χ0) is 46.3. The van der Waals surface area contributed by atoms with Crippen LogP contribution in [0, 0.1) is 0 Å².